The number of carbonyl (C=O) groups is 1. The molecule has 0 aliphatic carbocycles. The maximum atomic E-state index is 12.7. The van der Waals surface area contributed by atoms with Crippen LogP contribution in [-0.2, 0) is 25.4 Å². The Labute approximate surface area is 154 Å². The number of hydrogen-bond donors (Lipinski definition) is 1. The number of benzene rings is 1. The molecule has 0 unspecified atom stereocenters. The van der Waals surface area contributed by atoms with Gasteiger partial charge in [0.2, 0.25) is 0 Å². The van der Waals surface area contributed by atoms with Gasteiger partial charge in [-0.3, -0.25) is 18.7 Å². The lowest BCUT2D eigenvalue weighted by Crippen LogP contribution is -2.40. The van der Waals surface area contributed by atoms with Crippen molar-refractivity contribution in [3.63, 3.8) is 0 Å². The largest absolute Gasteiger partial charge is 0.480 e. The van der Waals surface area contributed by atoms with E-state index >= 15 is 0 Å². The molecule has 1 N–H and O–H groups in total. The zero-order valence-corrected chi connectivity index (χ0v) is 15.2. The molecule has 0 radical (unpaired) electrons. The van der Waals surface area contributed by atoms with Crippen molar-refractivity contribution in [2.75, 3.05) is 18.0 Å². The molecule has 0 bridgehead atoms. The van der Waals surface area contributed by atoms with Gasteiger partial charge in [-0.05, 0) is 18.6 Å². The van der Waals surface area contributed by atoms with Crippen LogP contribution in [0.2, 0.25) is 0 Å². The molecule has 3 rings (SSSR count). The number of aliphatic carboxylic acids is 1. The van der Waals surface area contributed by atoms with E-state index in [-0.39, 0.29) is 13.1 Å². The van der Waals surface area contributed by atoms with Crippen LogP contribution in [0.3, 0.4) is 0 Å². The molecule has 0 aliphatic rings. The molecule has 1 aromatic carbocycles. The number of hydrogen-bond acceptors (Lipinski definition) is 5. The topological polar surface area (TPSA) is 102 Å². The highest BCUT2D eigenvalue weighted by Crippen LogP contribution is 2.13. The summed E-state index contributed by atoms with van der Waals surface area (Å²) in [5, 5.41) is 9.15. The van der Waals surface area contributed by atoms with Crippen molar-refractivity contribution in [2.45, 2.75) is 13.0 Å². The van der Waals surface area contributed by atoms with Crippen LogP contribution in [0.5, 0.6) is 0 Å². The lowest BCUT2D eigenvalue weighted by Gasteiger charge is -2.23. The number of rotatable bonds is 7. The summed E-state index contributed by atoms with van der Waals surface area (Å²) in [6.45, 7) is 0.433. The van der Waals surface area contributed by atoms with Gasteiger partial charge in [-0.2, -0.15) is 0 Å². The second kappa shape index (κ2) is 7.48. The highest BCUT2D eigenvalue weighted by Gasteiger charge is 2.15. The lowest BCUT2D eigenvalue weighted by molar-refractivity contribution is -0.135. The molecule has 0 fully saturated rings. The first-order valence-electron chi connectivity index (χ1n) is 8.52. The number of fused-ring (bicyclic) bond motifs is 1. The van der Waals surface area contributed by atoms with Crippen LogP contribution in [0.4, 0.5) is 5.69 Å². The van der Waals surface area contributed by atoms with Gasteiger partial charge < -0.3 is 14.6 Å². The minimum Gasteiger partial charge on any atom is -0.480 e. The van der Waals surface area contributed by atoms with E-state index in [4.69, 9.17) is 5.11 Å². The normalized spacial score (nSPS) is 11.0. The summed E-state index contributed by atoms with van der Waals surface area (Å²) < 4.78 is 4.12. The minimum atomic E-state index is -0.941. The van der Waals surface area contributed by atoms with Crippen LogP contribution in [0, 0.1) is 0 Å². The Morgan fingerprint density at radius 2 is 1.89 bits per heavy atom. The van der Waals surface area contributed by atoms with Gasteiger partial charge in [0.25, 0.3) is 5.56 Å². The zero-order chi connectivity index (χ0) is 19.6. The van der Waals surface area contributed by atoms with Gasteiger partial charge in [0.1, 0.15) is 6.54 Å². The van der Waals surface area contributed by atoms with Crippen molar-refractivity contribution >= 4 is 22.8 Å². The van der Waals surface area contributed by atoms with Crippen LogP contribution in [-0.4, -0.2) is 42.9 Å². The van der Waals surface area contributed by atoms with E-state index in [1.165, 1.54) is 15.5 Å². The number of carboxylic acids is 1. The summed E-state index contributed by atoms with van der Waals surface area (Å²) in [5.74, 6) is -0.941. The Morgan fingerprint density at radius 3 is 2.56 bits per heavy atom. The molecule has 0 spiro atoms. The van der Waals surface area contributed by atoms with Gasteiger partial charge in [-0.25, -0.2) is 9.78 Å². The number of carboxylic acid groups (broad SMARTS) is 1. The Bertz CT molecular complexity index is 1080. The first-order valence-corrected chi connectivity index (χ1v) is 8.52. The van der Waals surface area contributed by atoms with E-state index in [1.807, 2.05) is 30.3 Å². The van der Waals surface area contributed by atoms with Crippen molar-refractivity contribution in [1.82, 2.24) is 18.7 Å². The summed E-state index contributed by atoms with van der Waals surface area (Å²) in [4.78, 5) is 42.2. The number of anilines is 1. The maximum Gasteiger partial charge on any atom is 0.332 e. The van der Waals surface area contributed by atoms with Gasteiger partial charge in [-0.1, -0.05) is 18.2 Å². The average molecular weight is 371 g/mol. The predicted molar refractivity (Wildman–Crippen MR) is 101 cm³/mol. The van der Waals surface area contributed by atoms with Crippen molar-refractivity contribution < 1.29 is 9.90 Å². The number of aromatic nitrogens is 4. The molecule has 0 atom stereocenters. The van der Waals surface area contributed by atoms with E-state index in [0.717, 1.165) is 5.69 Å². The summed E-state index contributed by atoms with van der Waals surface area (Å²) in [7, 11) is 3.28. The molecular weight excluding hydrogens is 350 g/mol. The van der Waals surface area contributed by atoms with Gasteiger partial charge in [-0.15, -0.1) is 0 Å². The van der Waals surface area contributed by atoms with Crippen LogP contribution < -0.4 is 16.1 Å². The third-order valence-electron chi connectivity index (χ3n) is 4.46. The van der Waals surface area contributed by atoms with Gasteiger partial charge >= 0.3 is 11.7 Å². The molecular formula is C18H21N5O4. The van der Waals surface area contributed by atoms with Crippen molar-refractivity contribution in [3.05, 3.63) is 57.5 Å². The van der Waals surface area contributed by atoms with Gasteiger partial charge in [0, 0.05) is 32.9 Å². The molecule has 0 saturated heterocycles. The van der Waals surface area contributed by atoms with Crippen molar-refractivity contribution in [3.8, 4) is 0 Å². The van der Waals surface area contributed by atoms with Crippen molar-refractivity contribution in [1.29, 1.82) is 0 Å². The average Bonchev–Trinajstić information content (AvgIpc) is 3.04. The highest BCUT2D eigenvalue weighted by atomic mass is 16.4. The van der Waals surface area contributed by atoms with Crippen LogP contribution in [0.15, 0.2) is 46.2 Å². The Morgan fingerprint density at radius 1 is 1.19 bits per heavy atom. The molecule has 0 amide bonds. The second-order valence-corrected chi connectivity index (χ2v) is 6.33. The Kier molecular flexibility index (Phi) is 5.11. The fourth-order valence-corrected chi connectivity index (χ4v) is 3.11. The number of imidazole rings is 1. The SMILES string of the molecule is Cn1cnc2c1c(=O)n(CCCN(CC(=O)O)c1ccccc1)c(=O)n2C. The van der Waals surface area contributed by atoms with E-state index in [0.29, 0.717) is 24.1 Å². The van der Waals surface area contributed by atoms with Gasteiger partial charge in [0.05, 0.1) is 6.33 Å². The van der Waals surface area contributed by atoms with Crippen LogP contribution >= 0.6 is 0 Å². The Hall–Kier alpha value is -3.36. The third kappa shape index (κ3) is 3.62. The second-order valence-electron chi connectivity index (χ2n) is 6.33. The number of aryl methyl sites for hydroxylation is 2. The highest BCUT2D eigenvalue weighted by molar-refractivity contribution is 5.73. The Balaban J connectivity index is 1.84. The molecule has 9 nitrogen and oxygen atoms in total. The standard InChI is InChI=1S/C18H21N5O4/c1-20-12-19-16-15(20)17(26)23(18(27)21(16)2)10-6-9-22(11-14(24)25)13-7-4-3-5-8-13/h3-5,7-8,12H,6,9-11H2,1-2H3,(H,24,25). The van der Waals surface area contributed by atoms with E-state index < -0.39 is 17.2 Å². The quantitative estimate of drug-likeness (QED) is 0.646. The monoisotopic (exact) mass is 371 g/mol. The minimum absolute atomic E-state index is 0.155. The summed E-state index contributed by atoms with van der Waals surface area (Å²) in [6.07, 6.45) is 1.94. The fourth-order valence-electron chi connectivity index (χ4n) is 3.11. The van der Waals surface area contributed by atoms with Crippen LogP contribution in [0.25, 0.3) is 11.2 Å². The molecule has 2 aromatic heterocycles. The van der Waals surface area contributed by atoms with E-state index in [2.05, 4.69) is 4.98 Å². The van der Waals surface area contributed by atoms with E-state index in [9.17, 15) is 14.4 Å². The summed E-state index contributed by atoms with van der Waals surface area (Å²) in [6, 6.07) is 9.18. The molecule has 3 aromatic rings. The maximum absolute atomic E-state index is 12.7. The number of nitrogens with zero attached hydrogens (tertiary/aromatic N) is 5. The molecule has 2 heterocycles. The molecule has 0 aliphatic heterocycles. The van der Waals surface area contributed by atoms with E-state index in [1.54, 1.807) is 23.6 Å². The molecule has 142 valence electrons. The summed E-state index contributed by atoms with van der Waals surface area (Å²) >= 11 is 0. The predicted octanol–water partition coefficient (Wildman–Crippen LogP) is 0.415. The summed E-state index contributed by atoms with van der Waals surface area (Å²) in [5.41, 5.74) is 0.665. The fraction of sp³-hybridized carbons (Fsp3) is 0.333. The van der Waals surface area contributed by atoms with Crippen molar-refractivity contribution in [2.24, 2.45) is 14.1 Å². The first kappa shape index (κ1) is 18.4. The number of para-hydroxylation sites is 1. The smallest absolute Gasteiger partial charge is 0.332 e. The zero-order valence-electron chi connectivity index (χ0n) is 15.2. The lowest BCUT2D eigenvalue weighted by atomic mass is 10.2. The van der Waals surface area contributed by atoms with Gasteiger partial charge in [0.15, 0.2) is 11.2 Å². The third-order valence-corrected chi connectivity index (χ3v) is 4.46. The molecule has 27 heavy (non-hydrogen) atoms. The van der Waals surface area contributed by atoms with Crippen LogP contribution in [0.1, 0.15) is 6.42 Å². The molecule has 9 heteroatoms. The molecule has 0 saturated carbocycles. The first-order chi connectivity index (χ1) is 12.9.